The highest BCUT2D eigenvalue weighted by Crippen LogP contribution is 2.29. The lowest BCUT2D eigenvalue weighted by atomic mass is 10.0. The summed E-state index contributed by atoms with van der Waals surface area (Å²) < 4.78 is 24.6. The Morgan fingerprint density at radius 1 is 1.43 bits per heavy atom. The van der Waals surface area contributed by atoms with Gasteiger partial charge in [0.25, 0.3) is 6.43 Å². The Kier molecular flexibility index (Phi) is 3.41. The van der Waals surface area contributed by atoms with Gasteiger partial charge in [0.15, 0.2) is 0 Å². The maximum Gasteiger partial charge on any atom is 0.257 e. The first-order valence-electron chi connectivity index (χ1n) is 4.42. The molecule has 0 spiro atoms. The molecule has 0 saturated carbocycles. The molecule has 0 aliphatic carbocycles. The normalized spacial score (nSPS) is 13.2. The molecule has 0 aromatic heterocycles. The van der Waals surface area contributed by atoms with Crippen LogP contribution in [-0.2, 0) is 6.42 Å². The second-order valence-electron chi connectivity index (χ2n) is 3.07. The van der Waals surface area contributed by atoms with Gasteiger partial charge in [-0.2, -0.15) is 0 Å². The summed E-state index contributed by atoms with van der Waals surface area (Å²) >= 11 is 0. The quantitative estimate of drug-likeness (QED) is 0.787. The predicted octanol–water partition coefficient (Wildman–Crippen LogP) is 2.22. The lowest BCUT2D eigenvalue weighted by Gasteiger charge is -2.14. The molecule has 0 saturated heterocycles. The molecule has 0 radical (unpaired) electrons. The molecular formula is C10H13F2NO. The van der Waals surface area contributed by atoms with Crippen LogP contribution in [0, 0.1) is 0 Å². The van der Waals surface area contributed by atoms with Gasteiger partial charge in [0.1, 0.15) is 5.75 Å². The first-order valence-corrected chi connectivity index (χ1v) is 4.42. The van der Waals surface area contributed by atoms with Crippen LogP contribution in [0.5, 0.6) is 5.75 Å². The highest BCUT2D eigenvalue weighted by Gasteiger charge is 2.21. The minimum atomic E-state index is -2.66. The molecule has 78 valence electrons. The third-order valence-electron chi connectivity index (χ3n) is 2.16. The van der Waals surface area contributed by atoms with Gasteiger partial charge in [-0.05, 0) is 12.0 Å². The topological polar surface area (TPSA) is 46.2 Å². The predicted molar refractivity (Wildman–Crippen MR) is 50.4 cm³/mol. The van der Waals surface area contributed by atoms with Crippen LogP contribution in [0.1, 0.15) is 24.1 Å². The minimum Gasteiger partial charge on any atom is -0.507 e. The molecule has 4 heteroatoms. The largest absolute Gasteiger partial charge is 0.507 e. The van der Waals surface area contributed by atoms with Gasteiger partial charge in [-0.15, -0.1) is 0 Å². The molecule has 0 heterocycles. The number of aryl methyl sites for hydroxylation is 1. The summed E-state index contributed by atoms with van der Waals surface area (Å²) in [6, 6.07) is 3.32. The zero-order chi connectivity index (χ0) is 10.7. The van der Waals surface area contributed by atoms with E-state index in [9.17, 15) is 13.9 Å². The first-order chi connectivity index (χ1) is 6.57. The Bertz CT molecular complexity index is 315. The molecular weight excluding hydrogens is 188 g/mol. The van der Waals surface area contributed by atoms with Crippen molar-refractivity contribution < 1.29 is 13.9 Å². The van der Waals surface area contributed by atoms with E-state index in [1.807, 2.05) is 6.92 Å². The fourth-order valence-corrected chi connectivity index (χ4v) is 1.30. The molecule has 1 unspecified atom stereocenters. The Labute approximate surface area is 81.4 Å². The van der Waals surface area contributed by atoms with Crippen LogP contribution in [0.4, 0.5) is 8.78 Å². The number of alkyl halides is 2. The number of phenols is 1. The van der Waals surface area contributed by atoms with Crippen molar-refractivity contribution in [2.45, 2.75) is 25.8 Å². The molecule has 0 bridgehead atoms. The number of rotatable bonds is 3. The summed E-state index contributed by atoms with van der Waals surface area (Å²) in [5, 5.41) is 9.59. The lowest BCUT2D eigenvalue weighted by Crippen LogP contribution is -2.19. The van der Waals surface area contributed by atoms with Gasteiger partial charge < -0.3 is 10.8 Å². The Hall–Kier alpha value is -1.16. The van der Waals surface area contributed by atoms with E-state index < -0.39 is 12.5 Å². The Balaban J connectivity index is 3.09. The number of para-hydroxylation sites is 1. The summed E-state index contributed by atoms with van der Waals surface area (Å²) in [6.45, 7) is 1.84. The van der Waals surface area contributed by atoms with Crippen molar-refractivity contribution in [3.8, 4) is 5.75 Å². The molecule has 3 N–H and O–H groups in total. The van der Waals surface area contributed by atoms with Crippen LogP contribution in [0.15, 0.2) is 18.2 Å². The van der Waals surface area contributed by atoms with E-state index in [0.717, 1.165) is 0 Å². The maximum absolute atomic E-state index is 12.3. The molecule has 2 nitrogen and oxygen atoms in total. The van der Waals surface area contributed by atoms with Gasteiger partial charge in [0, 0.05) is 5.56 Å². The van der Waals surface area contributed by atoms with Crippen LogP contribution in [0.2, 0.25) is 0 Å². The number of phenolic OH excluding ortho intramolecular Hbond substituents is 1. The van der Waals surface area contributed by atoms with Crippen LogP contribution >= 0.6 is 0 Å². The van der Waals surface area contributed by atoms with Crippen molar-refractivity contribution in [2.75, 3.05) is 0 Å². The van der Waals surface area contributed by atoms with Crippen molar-refractivity contribution >= 4 is 0 Å². The smallest absolute Gasteiger partial charge is 0.257 e. The lowest BCUT2D eigenvalue weighted by molar-refractivity contribution is 0.115. The van der Waals surface area contributed by atoms with Gasteiger partial charge >= 0.3 is 0 Å². The fraction of sp³-hybridized carbons (Fsp3) is 0.400. The molecule has 0 amide bonds. The average Bonchev–Trinajstić information content (AvgIpc) is 2.17. The molecule has 1 atom stereocenters. The summed E-state index contributed by atoms with van der Waals surface area (Å²) in [5.41, 5.74) is 6.00. The van der Waals surface area contributed by atoms with Crippen LogP contribution in [0.25, 0.3) is 0 Å². The molecule has 1 aromatic carbocycles. The van der Waals surface area contributed by atoms with E-state index in [4.69, 9.17) is 5.73 Å². The van der Waals surface area contributed by atoms with Gasteiger partial charge in [-0.1, -0.05) is 25.1 Å². The van der Waals surface area contributed by atoms with Crippen molar-refractivity contribution in [3.05, 3.63) is 29.3 Å². The average molecular weight is 201 g/mol. The van der Waals surface area contributed by atoms with Gasteiger partial charge in [0.2, 0.25) is 0 Å². The van der Waals surface area contributed by atoms with Crippen LogP contribution in [-0.4, -0.2) is 11.5 Å². The third-order valence-corrected chi connectivity index (χ3v) is 2.16. The van der Waals surface area contributed by atoms with Crippen LogP contribution in [0.3, 0.4) is 0 Å². The van der Waals surface area contributed by atoms with Gasteiger partial charge in [-0.25, -0.2) is 8.78 Å². The highest BCUT2D eigenvalue weighted by atomic mass is 19.3. The molecule has 0 aliphatic heterocycles. The SMILES string of the molecule is CCc1cccc(C(N)C(F)F)c1O. The van der Waals surface area contributed by atoms with Gasteiger partial charge in [-0.3, -0.25) is 0 Å². The van der Waals surface area contributed by atoms with E-state index in [0.29, 0.717) is 12.0 Å². The standard InChI is InChI=1S/C10H13F2NO/c1-2-6-4-3-5-7(9(6)14)8(13)10(11)12/h3-5,8,10,14H,2,13H2,1H3. The van der Waals surface area contributed by atoms with Crippen molar-refractivity contribution in [1.82, 2.24) is 0 Å². The van der Waals surface area contributed by atoms with Crippen LogP contribution < -0.4 is 5.73 Å². The van der Waals surface area contributed by atoms with E-state index in [1.165, 1.54) is 6.07 Å². The summed E-state index contributed by atoms with van der Waals surface area (Å²) in [4.78, 5) is 0. The zero-order valence-corrected chi connectivity index (χ0v) is 7.87. The first kappa shape index (κ1) is 10.9. The second kappa shape index (κ2) is 4.37. The summed E-state index contributed by atoms with van der Waals surface area (Å²) in [7, 11) is 0. The van der Waals surface area contributed by atoms with Gasteiger partial charge in [0.05, 0.1) is 6.04 Å². The number of hydrogen-bond acceptors (Lipinski definition) is 2. The summed E-state index contributed by atoms with van der Waals surface area (Å²) in [5.74, 6) is -0.109. The van der Waals surface area contributed by atoms with Crippen molar-refractivity contribution in [1.29, 1.82) is 0 Å². The number of hydrogen-bond donors (Lipinski definition) is 2. The Morgan fingerprint density at radius 3 is 2.57 bits per heavy atom. The van der Waals surface area contributed by atoms with E-state index in [2.05, 4.69) is 0 Å². The number of aromatic hydroxyl groups is 1. The number of benzene rings is 1. The molecule has 14 heavy (non-hydrogen) atoms. The molecule has 0 fully saturated rings. The fourth-order valence-electron chi connectivity index (χ4n) is 1.30. The van der Waals surface area contributed by atoms with E-state index in [1.54, 1.807) is 12.1 Å². The van der Waals surface area contributed by atoms with E-state index in [-0.39, 0.29) is 11.3 Å². The maximum atomic E-state index is 12.3. The molecule has 1 rings (SSSR count). The van der Waals surface area contributed by atoms with Crippen molar-refractivity contribution in [3.63, 3.8) is 0 Å². The van der Waals surface area contributed by atoms with Crippen molar-refractivity contribution in [2.24, 2.45) is 5.73 Å². The number of halogens is 2. The molecule has 0 aliphatic rings. The summed E-state index contributed by atoms with van der Waals surface area (Å²) in [6.07, 6.45) is -2.07. The number of nitrogens with two attached hydrogens (primary N) is 1. The van der Waals surface area contributed by atoms with E-state index >= 15 is 0 Å². The molecule has 1 aromatic rings. The third kappa shape index (κ3) is 2.01. The second-order valence-corrected chi connectivity index (χ2v) is 3.07. The minimum absolute atomic E-state index is 0.109. The highest BCUT2D eigenvalue weighted by molar-refractivity contribution is 5.42. The monoisotopic (exact) mass is 201 g/mol. The zero-order valence-electron chi connectivity index (χ0n) is 7.87. The Morgan fingerprint density at radius 2 is 2.07 bits per heavy atom.